The van der Waals surface area contributed by atoms with Crippen LogP contribution < -0.4 is 4.90 Å². The molecule has 0 unspecified atom stereocenters. The lowest BCUT2D eigenvalue weighted by Gasteiger charge is -2.22. The number of hydrogen-bond acceptors (Lipinski definition) is 5. The van der Waals surface area contributed by atoms with Crippen molar-refractivity contribution in [2.75, 3.05) is 19.0 Å². The first-order valence-electron chi connectivity index (χ1n) is 7.33. The summed E-state index contributed by atoms with van der Waals surface area (Å²) < 4.78 is 0.937. The number of nitrogens with zero attached hydrogens (tertiary/aromatic N) is 4. The van der Waals surface area contributed by atoms with Crippen LogP contribution in [0.2, 0.25) is 5.15 Å². The van der Waals surface area contributed by atoms with Crippen LogP contribution in [0.25, 0.3) is 20.4 Å². The van der Waals surface area contributed by atoms with Crippen molar-refractivity contribution in [2.45, 2.75) is 32.1 Å². The average molecular weight is 333 g/mol. The van der Waals surface area contributed by atoms with Gasteiger partial charge in [0, 0.05) is 19.5 Å². The lowest BCUT2D eigenvalue weighted by atomic mass is 9.85. The van der Waals surface area contributed by atoms with Gasteiger partial charge in [-0.05, 0) is 29.4 Å². The first-order chi connectivity index (χ1) is 10.4. The summed E-state index contributed by atoms with van der Waals surface area (Å²) in [5, 5.41) is 1.69. The molecular formula is C16H17ClN4S. The van der Waals surface area contributed by atoms with E-state index in [1.165, 1.54) is 16.5 Å². The Morgan fingerprint density at radius 2 is 2.05 bits per heavy atom. The van der Waals surface area contributed by atoms with E-state index in [2.05, 4.69) is 42.8 Å². The van der Waals surface area contributed by atoms with Gasteiger partial charge in [0.25, 0.3) is 0 Å². The zero-order valence-electron chi connectivity index (χ0n) is 13.1. The van der Waals surface area contributed by atoms with Gasteiger partial charge in [-0.1, -0.05) is 25.4 Å². The van der Waals surface area contributed by atoms with Gasteiger partial charge < -0.3 is 4.90 Å². The Kier molecular flexibility index (Phi) is 2.91. The van der Waals surface area contributed by atoms with Crippen molar-refractivity contribution in [1.29, 1.82) is 0 Å². The lowest BCUT2D eigenvalue weighted by molar-refractivity contribution is 0.526. The highest BCUT2D eigenvalue weighted by atomic mass is 35.5. The highest BCUT2D eigenvalue weighted by Gasteiger charge is 2.36. The second-order valence-electron chi connectivity index (χ2n) is 6.69. The molecule has 3 heterocycles. The van der Waals surface area contributed by atoms with Crippen LogP contribution in [0.5, 0.6) is 0 Å². The molecular weight excluding hydrogens is 316 g/mol. The molecule has 0 amide bonds. The molecule has 0 atom stereocenters. The summed E-state index contributed by atoms with van der Waals surface area (Å²) in [5.74, 6) is 1.07. The van der Waals surface area contributed by atoms with Crippen molar-refractivity contribution in [3.63, 3.8) is 0 Å². The van der Waals surface area contributed by atoms with Crippen LogP contribution in [0.4, 0.5) is 5.82 Å². The van der Waals surface area contributed by atoms with Gasteiger partial charge in [-0.2, -0.15) is 0 Å². The summed E-state index contributed by atoms with van der Waals surface area (Å²) in [5.41, 5.74) is 3.83. The third kappa shape index (κ3) is 1.78. The molecule has 22 heavy (non-hydrogen) atoms. The molecule has 1 aliphatic carbocycles. The number of thiophene rings is 1. The molecule has 4 rings (SSSR count). The fourth-order valence-electron chi connectivity index (χ4n) is 3.52. The molecule has 0 aromatic carbocycles. The molecule has 114 valence electrons. The van der Waals surface area contributed by atoms with E-state index in [-0.39, 0.29) is 5.41 Å². The Morgan fingerprint density at radius 1 is 1.27 bits per heavy atom. The molecule has 3 aromatic rings. The summed E-state index contributed by atoms with van der Waals surface area (Å²) in [6, 6.07) is 0. The van der Waals surface area contributed by atoms with Gasteiger partial charge in [-0.15, -0.1) is 11.3 Å². The van der Waals surface area contributed by atoms with Crippen LogP contribution in [-0.2, 0) is 11.8 Å². The number of anilines is 1. The average Bonchev–Trinajstić information content (AvgIpc) is 2.97. The Morgan fingerprint density at radius 3 is 2.77 bits per heavy atom. The molecule has 0 N–H and O–H groups in total. The van der Waals surface area contributed by atoms with E-state index in [0.717, 1.165) is 33.7 Å². The number of hydrogen-bond donors (Lipinski definition) is 0. The van der Waals surface area contributed by atoms with Crippen molar-refractivity contribution in [3.8, 4) is 0 Å². The molecule has 0 spiro atoms. The van der Waals surface area contributed by atoms with Gasteiger partial charge in [-0.25, -0.2) is 15.0 Å². The molecule has 0 saturated heterocycles. The second kappa shape index (κ2) is 4.52. The van der Waals surface area contributed by atoms with Crippen LogP contribution in [0.15, 0.2) is 6.33 Å². The number of aromatic nitrogens is 3. The minimum Gasteiger partial charge on any atom is -0.362 e. The largest absolute Gasteiger partial charge is 0.362 e. The van der Waals surface area contributed by atoms with E-state index in [1.807, 2.05) is 0 Å². The predicted molar refractivity (Wildman–Crippen MR) is 93.4 cm³/mol. The van der Waals surface area contributed by atoms with Gasteiger partial charge >= 0.3 is 0 Å². The van der Waals surface area contributed by atoms with Gasteiger partial charge in [0.1, 0.15) is 22.1 Å². The quantitative estimate of drug-likeness (QED) is 0.627. The zero-order chi connectivity index (χ0) is 15.6. The Balaban J connectivity index is 2.24. The topological polar surface area (TPSA) is 41.9 Å². The summed E-state index contributed by atoms with van der Waals surface area (Å²) in [4.78, 5) is 16.7. The maximum absolute atomic E-state index is 6.27. The van der Waals surface area contributed by atoms with Crippen molar-refractivity contribution >= 4 is 49.2 Å². The molecule has 6 heteroatoms. The van der Waals surface area contributed by atoms with E-state index in [9.17, 15) is 0 Å². The van der Waals surface area contributed by atoms with Crippen molar-refractivity contribution < 1.29 is 0 Å². The normalized spacial score (nSPS) is 16.4. The van der Waals surface area contributed by atoms with Gasteiger partial charge in [0.2, 0.25) is 0 Å². The SMILES string of the molecule is CN(C)c1nc2sc3c(Cl)ncnc3c2c2c1CCC2(C)C. The van der Waals surface area contributed by atoms with Gasteiger partial charge in [-0.3, -0.25) is 0 Å². The Labute approximate surface area is 138 Å². The van der Waals surface area contributed by atoms with Crippen LogP contribution in [-0.4, -0.2) is 29.0 Å². The Hall–Kier alpha value is -1.46. The molecule has 0 saturated carbocycles. The summed E-state index contributed by atoms with van der Waals surface area (Å²) >= 11 is 7.87. The lowest BCUT2D eigenvalue weighted by Crippen LogP contribution is -2.16. The van der Waals surface area contributed by atoms with E-state index >= 15 is 0 Å². The Bertz CT molecular complexity index is 914. The highest BCUT2D eigenvalue weighted by Crippen LogP contribution is 2.49. The third-order valence-corrected chi connectivity index (χ3v) is 6.02. The smallest absolute Gasteiger partial charge is 0.150 e. The maximum Gasteiger partial charge on any atom is 0.150 e. The van der Waals surface area contributed by atoms with Crippen LogP contribution in [0, 0.1) is 0 Å². The summed E-state index contributed by atoms with van der Waals surface area (Å²) in [6.45, 7) is 4.62. The number of pyridine rings is 1. The number of fused-ring (bicyclic) bond motifs is 5. The molecule has 0 bridgehead atoms. The van der Waals surface area contributed by atoms with Gasteiger partial charge in [0.15, 0.2) is 0 Å². The van der Waals surface area contributed by atoms with E-state index in [0.29, 0.717) is 5.15 Å². The van der Waals surface area contributed by atoms with E-state index < -0.39 is 0 Å². The standard InChI is InChI=1S/C16H17ClN4S/c1-16(2)6-5-8-10(16)9-11-12(13(17)19-7-18-11)22-15(9)20-14(8)21(3)4/h7H,5-6H2,1-4H3. The van der Waals surface area contributed by atoms with Crippen molar-refractivity contribution in [1.82, 2.24) is 15.0 Å². The van der Waals surface area contributed by atoms with Crippen LogP contribution >= 0.6 is 22.9 Å². The molecule has 0 radical (unpaired) electrons. The molecule has 4 nitrogen and oxygen atoms in total. The fourth-order valence-corrected chi connectivity index (χ4v) is 4.78. The van der Waals surface area contributed by atoms with E-state index in [1.54, 1.807) is 17.7 Å². The van der Waals surface area contributed by atoms with Crippen molar-refractivity contribution in [3.05, 3.63) is 22.6 Å². The molecule has 1 aliphatic rings. The summed E-state index contributed by atoms with van der Waals surface area (Å²) in [7, 11) is 4.11. The molecule has 3 aromatic heterocycles. The van der Waals surface area contributed by atoms with Gasteiger partial charge in [0.05, 0.1) is 10.2 Å². The highest BCUT2D eigenvalue weighted by molar-refractivity contribution is 7.26. The molecule has 0 aliphatic heterocycles. The minimum absolute atomic E-state index is 0.132. The third-order valence-electron chi connectivity index (χ3n) is 4.54. The van der Waals surface area contributed by atoms with Crippen molar-refractivity contribution in [2.24, 2.45) is 0 Å². The first kappa shape index (κ1) is 14.2. The maximum atomic E-state index is 6.27. The number of rotatable bonds is 1. The zero-order valence-corrected chi connectivity index (χ0v) is 14.6. The van der Waals surface area contributed by atoms with Crippen LogP contribution in [0.3, 0.4) is 0 Å². The first-order valence-corrected chi connectivity index (χ1v) is 8.53. The minimum atomic E-state index is 0.132. The monoisotopic (exact) mass is 332 g/mol. The molecule has 0 fully saturated rings. The number of halogens is 1. The summed E-state index contributed by atoms with van der Waals surface area (Å²) in [6.07, 6.45) is 3.75. The second-order valence-corrected chi connectivity index (χ2v) is 8.05. The van der Waals surface area contributed by atoms with E-state index in [4.69, 9.17) is 16.6 Å². The van der Waals surface area contributed by atoms with Crippen LogP contribution in [0.1, 0.15) is 31.4 Å². The fraction of sp³-hybridized carbons (Fsp3) is 0.438. The predicted octanol–water partition coefficient (Wildman–Crippen LogP) is 4.18.